The molecule has 0 aromatic heterocycles. The van der Waals surface area contributed by atoms with Crippen molar-refractivity contribution in [1.82, 2.24) is 0 Å². The van der Waals surface area contributed by atoms with E-state index in [0.29, 0.717) is 17.8 Å². The monoisotopic (exact) mass is 352 g/mol. The molecule has 0 spiro atoms. The van der Waals surface area contributed by atoms with Gasteiger partial charge in [-0.3, -0.25) is 0 Å². The Balaban J connectivity index is 1.56. The summed E-state index contributed by atoms with van der Waals surface area (Å²) in [6.45, 7) is 6.50. The molecular weight excluding hydrogens is 315 g/mol. The van der Waals surface area contributed by atoms with Crippen molar-refractivity contribution in [3.8, 4) is 0 Å². The molecule has 0 radical (unpaired) electrons. The molecule has 3 heteroatoms. The molecule has 0 amide bonds. The fourth-order valence-electron chi connectivity index (χ4n) is 8.21. The number of aliphatic hydroxyl groups excluding tert-OH is 1. The highest BCUT2D eigenvalue weighted by molar-refractivity contribution is 5.09. The van der Waals surface area contributed by atoms with Gasteiger partial charge in [0, 0.05) is 12.5 Å². The molecule has 4 saturated carbocycles. The lowest BCUT2D eigenvalue weighted by Gasteiger charge is -2.57. The fourth-order valence-corrected chi connectivity index (χ4v) is 8.21. The van der Waals surface area contributed by atoms with Gasteiger partial charge in [0.15, 0.2) is 0 Å². The molecule has 4 rings (SSSR count). The van der Waals surface area contributed by atoms with Crippen LogP contribution in [-0.4, -0.2) is 28.6 Å². The smallest absolute Gasteiger partial charge is 0.104 e. The van der Waals surface area contributed by atoms with Crippen molar-refractivity contribution in [1.29, 1.82) is 0 Å². The van der Waals surface area contributed by atoms with Crippen molar-refractivity contribution >= 4 is 0 Å². The van der Waals surface area contributed by atoms with Gasteiger partial charge in [-0.1, -0.05) is 13.8 Å². The van der Waals surface area contributed by atoms with Crippen molar-refractivity contribution in [2.24, 2.45) is 46.8 Å². The number of aliphatic hydroxyl groups is 2. The molecule has 2 N–H and O–H groups in total. The Kier molecular flexibility index (Phi) is 4.51. The highest BCUT2D eigenvalue weighted by atomic mass is 19.1. The fraction of sp³-hybridized carbons (Fsp3) is 1.00. The quantitative estimate of drug-likeness (QED) is 0.763. The molecule has 0 aromatic carbocycles. The molecule has 0 heterocycles. The summed E-state index contributed by atoms with van der Waals surface area (Å²) in [4.78, 5) is 0. The van der Waals surface area contributed by atoms with E-state index in [-0.39, 0.29) is 23.9 Å². The molecule has 10 atom stereocenters. The van der Waals surface area contributed by atoms with E-state index in [9.17, 15) is 10.2 Å². The predicted molar refractivity (Wildman–Crippen MR) is 97.8 cm³/mol. The molecule has 0 aliphatic heterocycles. The maximum atomic E-state index is 15.0. The van der Waals surface area contributed by atoms with Crippen LogP contribution in [0.5, 0.6) is 0 Å². The second kappa shape index (κ2) is 6.19. The van der Waals surface area contributed by atoms with Crippen LogP contribution >= 0.6 is 0 Å². The Hall–Kier alpha value is -0.150. The van der Waals surface area contributed by atoms with Gasteiger partial charge in [0.05, 0.1) is 5.60 Å². The van der Waals surface area contributed by atoms with Gasteiger partial charge in [0.2, 0.25) is 0 Å². The summed E-state index contributed by atoms with van der Waals surface area (Å²) in [5.41, 5.74) is -0.383. The summed E-state index contributed by atoms with van der Waals surface area (Å²) in [6.07, 6.45) is 7.89. The van der Waals surface area contributed by atoms with Crippen molar-refractivity contribution < 1.29 is 14.6 Å². The van der Waals surface area contributed by atoms with Crippen LogP contribution in [0.15, 0.2) is 0 Å². The number of halogens is 1. The molecule has 2 unspecified atom stereocenters. The molecule has 0 aromatic rings. The van der Waals surface area contributed by atoms with Gasteiger partial charge in [-0.15, -0.1) is 0 Å². The van der Waals surface area contributed by atoms with Crippen LogP contribution in [0.25, 0.3) is 0 Å². The van der Waals surface area contributed by atoms with Crippen LogP contribution in [0.1, 0.15) is 72.1 Å². The summed E-state index contributed by atoms with van der Waals surface area (Å²) in [5, 5.41) is 20.1. The van der Waals surface area contributed by atoms with E-state index in [1.54, 1.807) is 0 Å². The van der Waals surface area contributed by atoms with Gasteiger partial charge < -0.3 is 10.2 Å². The zero-order chi connectivity index (χ0) is 18.0. The largest absolute Gasteiger partial charge is 0.396 e. The standard InChI is InChI=1S/C22H37FO2/c1-13(12-24)20-19(23)10-18-17-5-4-14-11-21(2,25)8-6-15(14)16(17)7-9-22(18,20)3/h13-20,24-25H,4-12H2,1-3H3/t13?,14?,15-,16+,17+,18-,19+,20-,21+,22-/m0/s1. The molecule has 0 saturated heterocycles. The minimum Gasteiger partial charge on any atom is -0.396 e. The van der Waals surface area contributed by atoms with E-state index in [1.807, 2.05) is 13.8 Å². The summed E-state index contributed by atoms with van der Waals surface area (Å²) in [5.74, 6) is 3.49. The Morgan fingerprint density at radius 3 is 2.48 bits per heavy atom. The van der Waals surface area contributed by atoms with Crippen molar-refractivity contribution in [2.75, 3.05) is 6.61 Å². The van der Waals surface area contributed by atoms with Crippen LogP contribution in [-0.2, 0) is 0 Å². The normalized spacial score (nSPS) is 56.6. The Morgan fingerprint density at radius 1 is 1.04 bits per heavy atom. The minimum absolute atomic E-state index is 0.0354. The molecule has 25 heavy (non-hydrogen) atoms. The molecular formula is C22H37FO2. The Bertz CT molecular complexity index is 506. The lowest BCUT2D eigenvalue weighted by atomic mass is 9.48. The number of hydrogen-bond acceptors (Lipinski definition) is 2. The first kappa shape index (κ1) is 18.2. The average Bonchev–Trinajstić information content (AvgIpc) is 2.83. The van der Waals surface area contributed by atoms with Crippen LogP contribution in [0.2, 0.25) is 0 Å². The van der Waals surface area contributed by atoms with E-state index in [4.69, 9.17) is 0 Å². The van der Waals surface area contributed by atoms with Gasteiger partial charge >= 0.3 is 0 Å². The first-order valence-corrected chi connectivity index (χ1v) is 10.7. The van der Waals surface area contributed by atoms with Gasteiger partial charge in [0.25, 0.3) is 0 Å². The Morgan fingerprint density at radius 2 is 1.76 bits per heavy atom. The zero-order valence-corrected chi connectivity index (χ0v) is 16.3. The van der Waals surface area contributed by atoms with E-state index in [0.717, 1.165) is 43.9 Å². The lowest BCUT2D eigenvalue weighted by Crippen LogP contribution is -2.51. The predicted octanol–water partition coefficient (Wildman–Crippen LogP) is 4.58. The van der Waals surface area contributed by atoms with Crippen LogP contribution in [0, 0.1) is 46.8 Å². The third kappa shape index (κ3) is 2.79. The summed E-state index contributed by atoms with van der Waals surface area (Å²) in [6, 6.07) is 0. The van der Waals surface area contributed by atoms with Crippen molar-refractivity contribution in [2.45, 2.75) is 83.9 Å². The zero-order valence-electron chi connectivity index (χ0n) is 16.3. The molecule has 4 fully saturated rings. The maximum Gasteiger partial charge on any atom is 0.104 e. The van der Waals surface area contributed by atoms with Gasteiger partial charge in [-0.25, -0.2) is 4.39 Å². The second-order valence-corrected chi connectivity index (χ2v) is 10.7. The summed E-state index contributed by atoms with van der Waals surface area (Å²) >= 11 is 0. The molecule has 2 nitrogen and oxygen atoms in total. The first-order valence-electron chi connectivity index (χ1n) is 10.7. The number of alkyl halides is 1. The maximum absolute atomic E-state index is 15.0. The summed E-state index contributed by atoms with van der Waals surface area (Å²) < 4.78 is 15.0. The van der Waals surface area contributed by atoms with Crippen LogP contribution in [0.4, 0.5) is 4.39 Å². The summed E-state index contributed by atoms with van der Waals surface area (Å²) in [7, 11) is 0. The lowest BCUT2D eigenvalue weighted by molar-refractivity contribution is -0.104. The average molecular weight is 353 g/mol. The highest BCUT2D eigenvalue weighted by Gasteiger charge is 2.61. The minimum atomic E-state index is -0.735. The van der Waals surface area contributed by atoms with E-state index in [2.05, 4.69) is 6.92 Å². The van der Waals surface area contributed by atoms with Crippen molar-refractivity contribution in [3.63, 3.8) is 0 Å². The molecule has 144 valence electrons. The molecule has 4 aliphatic rings. The number of hydrogen-bond donors (Lipinski definition) is 2. The van der Waals surface area contributed by atoms with Crippen LogP contribution in [0.3, 0.4) is 0 Å². The third-order valence-electron chi connectivity index (χ3n) is 9.21. The van der Waals surface area contributed by atoms with E-state index >= 15 is 4.39 Å². The second-order valence-electron chi connectivity index (χ2n) is 10.7. The molecule has 0 bridgehead atoms. The van der Waals surface area contributed by atoms with E-state index in [1.165, 1.54) is 19.3 Å². The van der Waals surface area contributed by atoms with E-state index < -0.39 is 11.8 Å². The van der Waals surface area contributed by atoms with Crippen molar-refractivity contribution in [3.05, 3.63) is 0 Å². The Labute approximate surface area is 152 Å². The van der Waals surface area contributed by atoms with Gasteiger partial charge in [0.1, 0.15) is 6.17 Å². The molecule has 4 aliphatic carbocycles. The van der Waals surface area contributed by atoms with Gasteiger partial charge in [-0.05, 0) is 99.2 Å². The SMILES string of the molecule is CC(CO)[C@H]1[C@H](F)C[C@H]2[C@@H]3CCC4C[C@](C)(O)CC[C@@H]4[C@H]3CC[C@@]21C. The topological polar surface area (TPSA) is 40.5 Å². The number of fused-ring (bicyclic) bond motifs is 5. The first-order chi connectivity index (χ1) is 11.8. The van der Waals surface area contributed by atoms with Crippen LogP contribution < -0.4 is 0 Å². The van der Waals surface area contributed by atoms with Gasteiger partial charge in [-0.2, -0.15) is 0 Å². The number of rotatable bonds is 2. The third-order valence-corrected chi connectivity index (χ3v) is 9.21. The highest BCUT2D eigenvalue weighted by Crippen LogP contribution is 2.66.